The zero-order chi connectivity index (χ0) is 23.0. The lowest BCUT2D eigenvalue weighted by atomic mass is 9.87. The van der Waals surface area contributed by atoms with Gasteiger partial charge in [0.1, 0.15) is 5.82 Å². The molecule has 0 bridgehead atoms. The standard InChI is InChI=1S/C26H42N6/c1-6-27-25(29-15-7-8-17-31-20-16-28-21(31)2)30-23-13-18-32(19-14-23)24-11-9-22(10-12-24)26(3,4)5/h9-12,16,20,23H,6-8,13-15,17-19H2,1-5H3,(H2,27,29,30). The van der Waals surface area contributed by atoms with Gasteiger partial charge < -0.3 is 20.1 Å². The molecule has 6 nitrogen and oxygen atoms in total. The fourth-order valence-electron chi connectivity index (χ4n) is 4.19. The molecule has 3 rings (SSSR count). The van der Waals surface area contributed by atoms with Gasteiger partial charge in [-0.1, -0.05) is 32.9 Å². The minimum atomic E-state index is 0.204. The van der Waals surface area contributed by atoms with E-state index < -0.39 is 0 Å². The number of aryl methyl sites for hydroxylation is 2. The number of rotatable bonds is 8. The molecule has 32 heavy (non-hydrogen) atoms. The van der Waals surface area contributed by atoms with Gasteiger partial charge in [-0.2, -0.15) is 0 Å². The number of aromatic nitrogens is 2. The van der Waals surface area contributed by atoms with E-state index in [9.17, 15) is 0 Å². The van der Waals surface area contributed by atoms with Gasteiger partial charge in [0.05, 0.1) is 0 Å². The van der Waals surface area contributed by atoms with Crippen LogP contribution in [0.3, 0.4) is 0 Å². The average molecular weight is 439 g/mol. The van der Waals surface area contributed by atoms with Crippen molar-refractivity contribution in [2.75, 3.05) is 31.1 Å². The minimum Gasteiger partial charge on any atom is -0.371 e. The second-order valence-electron chi connectivity index (χ2n) is 9.84. The summed E-state index contributed by atoms with van der Waals surface area (Å²) in [5.74, 6) is 2.04. The number of hydrogen-bond acceptors (Lipinski definition) is 3. The van der Waals surface area contributed by atoms with Gasteiger partial charge in [0.15, 0.2) is 5.96 Å². The van der Waals surface area contributed by atoms with Crippen molar-refractivity contribution in [3.8, 4) is 0 Å². The van der Waals surface area contributed by atoms with Crippen LogP contribution in [0.4, 0.5) is 5.69 Å². The zero-order valence-corrected chi connectivity index (χ0v) is 20.7. The quantitative estimate of drug-likeness (QED) is 0.362. The number of anilines is 1. The first-order chi connectivity index (χ1) is 15.4. The molecule has 2 heterocycles. The van der Waals surface area contributed by atoms with Crippen LogP contribution < -0.4 is 15.5 Å². The van der Waals surface area contributed by atoms with E-state index in [2.05, 4.69) is 90.2 Å². The van der Waals surface area contributed by atoms with Crippen molar-refractivity contribution in [1.29, 1.82) is 0 Å². The first-order valence-electron chi connectivity index (χ1n) is 12.2. The molecule has 2 N–H and O–H groups in total. The Morgan fingerprint density at radius 1 is 1.12 bits per heavy atom. The number of nitrogens with one attached hydrogen (secondary N) is 2. The molecule has 1 fully saturated rings. The predicted octanol–water partition coefficient (Wildman–Crippen LogP) is 4.49. The monoisotopic (exact) mass is 438 g/mol. The Morgan fingerprint density at radius 3 is 2.44 bits per heavy atom. The molecule has 1 saturated heterocycles. The van der Waals surface area contributed by atoms with Gasteiger partial charge >= 0.3 is 0 Å². The summed E-state index contributed by atoms with van der Waals surface area (Å²) in [5.41, 5.74) is 2.94. The molecular weight excluding hydrogens is 396 g/mol. The number of imidazole rings is 1. The van der Waals surface area contributed by atoms with Crippen LogP contribution in [0.1, 0.15) is 64.8 Å². The van der Waals surface area contributed by atoms with E-state index >= 15 is 0 Å². The second-order valence-corrected chi connectivity index (χ2v) is 9.84. The summed E-state index contributed by atoms with van der Waals surface area (Å²) in [6, 6.07) is 9.61. The van der Waals surface area contributed by atoms with Crippen molar-refractivity contribution >= 4 is 11.6 Å². The SMILES string of the molecule is CCNC(=NCCCCn1ccnc1C)NC1CCN(c2ccc(C(C)(C)C)cc2)CC1. The third kappa shape index (κ3) is 7.01. The number of benzene rings is 1. The van der Waals surface area contributed by atoms with Crippen LogP contribution in [-0.4, -0.2) is 47.7 Å². The summed E-state index contributed by atoms with van der Waals surface area (Å²) >= 11 is 0. The lowest BCUT2D eigenvalue weighted by Gasteiger charge is -2.35. The molecule has 2 aromatic rings. The van der Waals surface area contributed by atoms with Gasteiger partial charge in [-0.05, 0) is 62.6 Å². The molecule has 1 aliphatic rings. The summed E-state index contributed by atoms with van der Waals surface area (Å²) in [4.78, 5) is 11.6. The third-order valence-corrected chi connectivity index (χ3v) is 6.28. The topological polar surface area (TPSA) is 57.5 Å². The van der Waals surface area contributed by atoms with Crippen molar-refractivity contribution in [2.45, 2.75) is 78.3 Å². The zero-order valence-electron chi connectivity index (χ0n) is 20.7. The van der Waals surface area contributed by atoms with E-state index in [0.29, 0.717) is 6.04 Å². The largest absolute Gasteiger partial charge is 0.371 e. The Morgan fingerprint density at radius 2 is 1.84 bits per heavy atom. The van der Waals surface area contributed by atoms with Gasteiger partial charge in [-0.15, -0.1) is 0 Å². The van der Waals surface area contributed by atoms with E-state index in [4.69, 9.17) is 4.99 Å². The van der Waals surface area contributed by atoms with Crippen molar-refractivity contribution < 1.29 is 0 Å². The van der Waals surface area contributed by atoms with Gasteiger partial charge in [0.25, 0.3) is 0 Å². The van der Waals surface area contributed by atoms with Gasteiger partial charge in [0.2, 0.25) is 0 Å². The van der Waals surface area contributed by atoms with Crippen molar-refractivity contribution in [1.82, 2.24) is 20.2 Å². The average Bonchev–Trinajstić information content (AvgIpc) is 3.18. The van der Waals surface area contributed by atoms with Crippen LogP contribution >= 0.6 is 0 Å². The maximum atomic E-state index is 4.81. The van der Waals surface area contributed by atoms with E-state index in [-0.39, 0.29) is 5.41 Å². The van der Waals surface area contributed by atoms with E-state index in [1.165, 1.54) is 11.3 Å². The summed E-state index contributed by atoms with van der Waals surface area (Å²) < 4.78 is 2.21. The van der Waals surface area contributed by atoms with Crippen LogP contribution in [0.15, 0.2) is 41.7 Å². The van der Waals surface area contributed by atoms with E-state index in [1.807, 2.05) is 6.20 Å². The Hall–Kier alpha value is -2.50. The van der Waals surface area contributed by atoms with Crippen molar-refractivity contribution in [2.24, 2.45) is 4.99 Å². The fourth-order valence-corrected chi connectivity index (χ4v) is 4.19. The van der Waals surface area contributed by atoms with Crippen LogP contribution in [0.25, 0.3) is 0 Å². The number of piperidine rings is 1. The molecule has 6 heteroatoms. The highest BCUT2D eigenvalue weighted by molar-refractivity contribution is 5.80. The summed E-state index contributed by atoms with van der Waals surface area (Å²) in [6.07, 6.45) is 8.38. The molecule has 1 aromatic carbocycles. The molecule has 1 aromatic heterocycles. The molecule has 0 radical (unpaired) electrons. The van der Waals surface area contributed by atoms with Crippen LogP contribution in [0.2, 0.25) is 0 Å². The molecule has 0 aliphatic carbocycles. The normalized spacial score (nSPS) is 15.8. The third-order valence-electron chi connectivity index (χ3n) is 6.28. The highest BCUT2D eigenvalue weighted by atomic mass is 15.2. The molecule has 0 unspecified atom stereocenters. The first-order valence-corrected chi connectivity index (χ1v) is 12.2. The highest BCUT2D eigenvalue weighted by Crippen LogP contribution is 2.26. The highest BCUT2D eigenvalue weighted by Gasteiger charge is 2.21. The van der Waals surface area contributed by atoms with Crippen molar-refractivity contribution in [3.63, 3.8) is 0 Å². The molecule has 0 atom stereocenters. The number of nitrogens with zero attached hydrogens (tertiary/aromatic N) is 4. The Balaban J connectivity index is 1.43. The molecular formula is C26H42N6. The Labute approximate surface area is 194 Å². The van der Waals surface area contributed by atoms with Crippen LogP contribution in [-0.2, 0) is 12.0 Å². The Bertz CT molecular complexity index is 838. The molecule has 1 aliphatic heterocycles. The lowest BCUT2D eigenvalue weighted by Crippen LogP contribution is -2.48. The maximum absolute atomic E-state index is 4.81. The van der Waals surface area contributed by atoms with Crippen LogP contribution in [0, 0.1) is 6.92 Å². The second kappa shape index (κ2) is 11.4. The smallest absolute Gasteiger partial charge is 0.191 e. The molecule has 0 spiro atoms. The van der Waals surface area contributed by atoms with Gasteiger partial charge in [-0.3, -0.25) is 4.99 Å². The molecule has 0 amide bonds. The minimum absolute atomic E-state index is 0.204. The summed E-state index contributed by atoms with van der Waals surface area (Å²) in [7, 11) is 0. The predicted molar refractivity (Wildman–Crippen MR) is 136 cm³/mol. The lowest BCUT2D eigenvalue weighted by molar-refractivity contribution is 0.461. The van der Waals surface area contributed by atoms with Crippen LogP contribution in [0.5, 0.6) is 0 Å². The maximum Gasteiger partial charge on any atom is 0.191 e. The fraction of sp³-hybridized carbons (Fsp3) is 0.615. The summed E-state index contributed by atoms with van der Waals surface area (Å²) in [5, 5.41) is 7.09. The Kier molecular flexibility index (Phi) is 8.60. The first kappa shape index (κ1) is 24.1. The number of aliphatic imine (C=N–C) groups is 1. The number of unbranched alkanes of at least 4 members (excludes halogenated alkanes) is 1. The van der Waals surface area contributed by atoms with E-state index in [0.717, 1.165) is 70.2 Å². The number of hydrogen-bond donors (Lipinski definition) is 2. The van der Waals surface area contributed by atoms with E-state index in [1.54, 1.807) is 0 Å². The van der Waals surface area contributed by atoms with Gasteiger partial charge in [0, 0.05) is 56.8 Å². The summed E-state index contributed by atoms with van der Waals surface area (Å²) in [6.45, 7) is 15.9. The van der Waals surface area contributed by atoms with Crippen molar-refractivity contribution in [3.05, 3.63) is 48.0 Å². The number of guanidine groups is 1. The molecule has 176 valence electrons. The molecule has 0 saturated carbocycles. The van der Waals surface area contributed by atoms with Gasteiger partial charge in [-0.25, -0.2) is 4.98 Å².